The molecule has 0 spiro atoms. The lowest BCUT2D eigenvalue weighted by Crippen LogP contribution is -2.19. The van der Waals surface area contributed by atoms with E-state index in [1.54, 1.807) is 6.73 Å². The predicted octanol–water partition coefficient (Wildman–Crippen LogP) is 1.40. The molecule has 2 nitrogen and oxygen atoms in total. The lowest BCUT2D eigenvalue weighted by atomic mass is 10.1. The highest BCUT2D eigenvalue weighted by Gasteiger charge is 2.28. The van der Waals surface area contributed by atoms with Gasteiger partial charge in [-0.15, -0.1) is 5.06 Å². The standard InChI is InChI=1S/C6H12NO/c1-5(2)6(3)7-4-8-7/h4-6H,1-3H3. The molecule has 0 N–H and O–H groups in total. The van der Waals surface area contributed by atoms with Gasteiger partial charge in [-0.05, 0) is 12.8 Å². The van der Waals surface area contributed by atoms with Crippen LogP contribution in [0.15, 0.2) is 0 Å². The molecule has 1 rings (SSSR count). The molecule has 1 saturated heterocycles. The van der Waals surface area contributed by atoms with Crippen LogP contribution in [-0.4, -0.2) is 11.1 Å². The Labute approximate surface area is 50.4 Å². The fraction of sp³-hybridized carbons (Fsp3) is 0.833. The summed E-state index contributed by atoms with van der Waals surface area (Å²) in [4.78, 5) is 4.84. The van der Waals surface area contributed by atoms with Crippen LogP contribution in [0.2, 0.25) is 0 Å². The second kappa shape index (κ2) is 2.03. The van der Waals surface area contributed by atoms with Crippen molar-refractivity contribution in [2.75, 3.05) is 0 Å². The Hall–Kier alpha value is -0.0800. The molecule has 2 atom stereocenters. The van der Waals surface area contributed by atoms with Crippen molar-refractivity contribution in [2.24, 2.45) is 5.92 Å². The van der Waals surface area contributed by atoms with Crippen LogP contribution in [0.1, 0.15) is 20.8 Å². The molecule has 2 unspecified atom stereocenters. The molecule has 0 aromatic heterocycles. The van der Waals surface area contributed by atoms with Crippen LogP contribution in [0.3, 0.4) is 0 Å². The van der Waals surface area contributed by atoms with Crippen molar-refractivity contribution in [3.8, 4) is 0 Å². The van der Waals surface area contributed by atoms with E-state index in [1.165, 1.54) is 0 Å². The summed E-state index contributed by atoms with van der Waals surface area (Å²) < 4.78 is 0. The smallest absolute Gasteiger partial charge is 0.198 e. The molecule has 0 amide bonds. The van der Waals surface area contributed by atoms with Crippen molar-refractivity contribution in [3.05, 3.63) is 6.73 Å². The molecule has 1 heterocycles. The minimum absolute atomic E-state index is 0.537. The number of hydrogen-bond donors (Lipinski definition) is 0. The van der Waals surface area contributed by atoms with Crippen LogP contribution < -0.4 is 0 Å². The number of hydrogen-bond acceptors (Lipinski definition) is 2. The van der Waals surface area contributed by atoms with Gasteiger partial charge in [0, 0.05) is 6.04 Å². The maximum absolute atomic E-state index is 4.84. The highest BCUT2D eigenvalue weighted by atomic mass is 16.8. The molecule has 1 radical (unpaired) electrons. The van der Waals surface area contributed by atoms with Crippen molar-refractivity contribution in [3.63, 3.8) is 0 Å². The Morgan fingerprint density at radius 1 is 1.38 bits per heavy atom. The monoisotopic (exact) mass is 114 g/mol. The molecule has 0 aromatic carbocycles. The van der Waals surface area contributed by atoms with Crippen molar-refractivity contribution < 1.29 is 4.84 Å². The Morgan fingerprint density at radius 3 is 2.00 bits per heavy atom. The fourth-order valence-corrected chi connectivity index (χ4v) is 0.513. The third-order valence-electron chi connectivity index (χ3n) is 1.59. The van der Waals surface area contributed by atoms with E-state index in [0.717, 1.165) is 0 Å². The van der Waals surface area contributed by atoms with E-state index in [4.69, 9.17) is 4.84 Å². The third kappa shape index (κ3) is 1.20. The van der Waals surface area contributed by atoms with Gasteiger partial charge in [0.05, 0.1) is 0 Å². The maximum atomic E-state index is 4.84. The van der Waals surface area contributed by atoms with E-state index in [2.05, 4.69) is 20.8 Å². The largest absolute Gasteiger partial charge is 0.270 e. The zero-order valence-electron chi connectivity index (χ0n) is 5.59. The summed E-state index contributed by atoms with van der Waals surface area (Å²) in [5.41, 5.74) is 0. The first kappa shape index (κ1) is 6.05. The first-order chi connectivity index (χ1) is 3.72. The molecule has 8 heavy (non-hydrogen) atoms. The van der Waals surface area contributed by atoms with Crippen molar-refractivity contribution >= 4 is 0 Å². The first-order valence-electron chi connectivity index (χ1n) is 3.00. The Kier molecular flexibility index (Phi) is 1.54. The van der Waals surface area contributed by atoms with Gasteiger partial charge in [0.1, 0.15) is 0 Å². The van der Waals surface area contributed by atoms with E-state index in [1.807, 2.05) is 5.06 Å². The van der Waals surface area contributed by atoms with E-state index in [-0.39, 0.29) is 0 Å². The van der Waals surface area contributed by atoms with Gasteiger partial charge in [-0.25, -0.2) is 0 Å². The second-order valence-electron chi connectivity index (χ2n) is 2.56. The van der Waals surface area contributed by atoms with E-state index in [9.17, 15) is 0 Å². The summed E-state index contributed by atoms with van der Waals surface area (Å²) in [7, 11) is 0. The average Bonchev–Trinajstić information content (AvgIpc) is 2.43. The number of hydroxylamine groups is 2. The molecule has 0 aliphatic carbocycles. The highest BCUT2D eigenvalue weighted by molar-refractivity contribution is 4.72. The van der Waals surface area contributed by atoms with Gasteiger partial charge in [0.15, 0.2) is 6.73 Å². The van der Waals surface area contributed by atoms with Crippen molar-refractivity contribution in [2.45, 2.75) is 26.8 Å². The van der Waals surface area contributed by atoms with Gasteiger partial charge < -0.3 is 0 Å². The minimum atomic E-state index is 0.537. The number of nitrogens with zero attached hydrogens (tertiary/aromatic N) is 1. The highest BCUT2D eigenvalue weighted by Crippen LogP contribution is 2.22. The summed E-state index contributed by atoms with van der Waals surface area (Å²) in [5, 5.41) is 1.87. The van der Waals surface area contributed by atoms with Gasteiger partial charge in [-0.3, -0.25) is 4.84 Å². The number of rotatable bonds is 2. The van der Waals surface area contributed by atoms with Gasteiger partial charge >= 0.3 is 0 Å². The van der Waals surface area contributed by atoms with Gasteiger partial charge in [-0.1, -0.05) is 13.8 Å². The molecular formula is C6H12NO. The zero-order valence-corrected chi connectivity index (χ0v) is 5.59. The Balaban J connectivity index is 2.22. The van der Waals surface area contributed by atoms with Gasteiger partial charge in [0.2, 0.25) is 0 Å². The summed E-state index contributed by atoms with van der Waals surface area (Å²) in [5.74, 6) is 0.675. The Bertz CT molecular complexity index is 76.6. The summed E-state index contributed by atoms with van der Waals surface area (Å²) in [6.07, 6.45) is 0. The van der Waals surface area contributed by atoms with Crippen LogP contribution in [0.4, 0.5) is 0 Å². The lowest BCUT2D eigenvalue weighted by Gasteiger charge is -2.11. The molecule has 0 bridgehead atoms. The van der Waals surface area contributed by atoms with Crippen molar-refractivity contribution in [1.82, 2.24) is 5.06 Å². The quantitative estimate of drug-likeness (QED) is 0.504. The first-order valence-corrected chi connectivity index (χ1v) is 3.00. The summed E-state index contributed by atoms with van der Waals surface area (Å²) in [6.45, 7) is 8.25. The zero-order chi connectivity index (χ0) is 6.15. The molecule has 0 saturated carbocycles. The van der Waals surface area contributed by atoms with E-state index < -0.39 is 0 Å². The average molecular weight is 114 g/mol. The van der Waals surface area contributed by atoms with Crippen LogP contribution in [0.25, 0.3) is 0 Å². The normalized spacial score (nSPS) is 30.8. The molecule has 47 valence electrons. The van der Waals surface area contributed by atoms with Crippen LogP contribution >= 0.6 is 0 Å². The van der Waals surface area contributed by atoms with Gasteiger partial charge in [0.25, 0.3) is 0 Å². The summed E-state index contributed by atoms with van der Waals surface area (Å²) >= 11 is 0. The topological polar surface area (TPSA) is 15.5 Å². The second-order valence-corrected chi connectivity index (χ2v) is 2.56. The molecule has 1 aliphatic rings. The summed E-state index contributed by atoms with van der Waals surface area (Å²) in [6, 6.07) is 0.537. The molecule has 2 heteroatoms. The minimum Gasteiger partial charge on any atom is -0.270 e. The Morgan fingerprint density at radius 2 is 1.88 bits per heavy atom. The fourth-order valence-electron chi connectivity index (χ4n) is 0.513. The molecule has 0 aromatic rings. The van der Waals surface area contributed by atoms with Crippen LogP contribution in [0.5, 0.6) is 0 Å². The van der Waals surface area contributed by atoms with E-state index >= 15 is 0 Å². The lowest BCUT2D eigenvalue weighted by molar-refractivity contribution is 0.128. The SMILES string of the molecule is CC(C)C(C)N1[CH]O1. The van der Waals surface area contributed by atoms with Crippen LogP contribution in [0, 0.1) is 12.6 Å². The maximum Gasteiger partial charge on any atom is 0.198 e. The third-order valence-corrected chi connectivity index (χ3v) is 1.59. The molecular weight excluding hydrogens is 102 g/mol. The van der Waals surface area contributed by atoms with Gasteiger partial charge in [-0.2, -0.15) is 0 Å². The predicted molar refractivity (Wildman–Crippen MR) is 31.5 cm³/mol. The molecule has 1 aliphatic heterocycles. The van der Waals surface area contributed by atoms with E-state index in [0.29, 0.717) is 12.0 Å². The van der Waals surface area contributed by atoms with Crippen molar-refractivity contribution in [1.29, 1.82) is 0 Å². The van der Waals surface area contributed by atoms with Crippen LogP contribution in [-0.2, 0) is 4.84 Å². The molecule has 1 fully saturated rings.